The second-order valence-electron chi connectivity index (χ2n) is 2.09. The highest BCUT2D eigenvalue weighted by molar-refractivity contribution is 5.80. The molecule has 0 aromatic rings. The Kier molecular flexibility index (Phi) is 6.98. The Labute approximate surface area is 78.3 Å². The first-order chi connectivity index (χ1) is 5.08. The molecule has 0 unspecified atom stereocenters. The van der Waals surface area contributed by atoms with E-state index in [0.717, 1.165) is 6.08 Å². The maximum absolute atomic E-state index is 10.6. The lowest BCUT2D eigenvalue weighted by atomic mass is 10.6. The lowest BCUT2D eigenvalue weighted by Gasteiger charge is -2.22. The summed E-state index contributed by atoms with van der Waals surface area (Å²) in [6.45, 7) is 7.32. The van der Waals surface area contributed by atoms with Crippen molar-refractivity contribution in [3.63, 3.8) is 0 Å². The molecule has 0 spiro atoms. The van der Waals surface area contributed by atoms with E-state index in [1.54, 1.807) is 13.8 Å². The molecule has 0 bridgehead atoms. The quantitative estimate of drug-likeness (QED) is 0.317. The third-order valence-electron chi connectivity index (χ3n) is 1.41. The molecular weight excluding hydrogens is 182 g/mol. The zero-order valence-electron chi connectivity index (χ0n) is 7.29. The summed E-state index contributed by atoms with van der Waals surface area (Å²) in [6, 6.07) is 0. The number of quaternary nitrogens is 1. The summed E-state index contributed by atoms with van der Waals surface area (Å²) in [5, 5.41) is 9.38. The fourth-order valence-electron chi connectivity index (χ4n) is 0.557. The molecule has 0 aromatic carbocycles. The van der Waals surface area contributed by atoms with E-state index in [2.05, 4.69) is 11.4 Å². The number of hydrogen-bond acceptors (Lipinski definition) is 3. The summed E-state index contributed by atoms with van der Waals surface area (Å²) < 4.78 is 0. The first-order valence-corrected chi connectivity index (χ1v) is 3.53. The number of hydroxylamine groups is 4. The van der Waals surface area contributed by atoms with Crippen molar-refractivity contribution in [3.8, 4) is 0 Å². The van der Waals surface area contributed by atoms with Crippen molar-refractivity contribution < 1.29 is 32.1 Å². The second kappa shape index (κ2) is 5.99. The van der Waals surface area contributed by atoms with E-state index in [4.69, 9.17) is 0 Å². The highest BCUT2D eigenvalue weighted by Crippen LogP contribution is 2.02. The molecule has 0 aliphatic rings. The normalized spacial score (nSPS) is 9.92. The van der Waals surface area contributed by atoms with Gasteiger partial charge in [0.25, 0.3) is 0 Å². The molecule has 1 N–H and O–H groups in total. The van der Waals surface area contributed by atoms with E-state index in [0.29, 0.717) is 13.1 Å². The zero-order valence-corrected chi connectivity index (χ0v) is 8.04. The molecule has 0 rings (SSSR count). The Bertz CT molecular complexity index is 157. The Morgan fingerprint density at radius 2 is 2.00 bits per heavy atom. The van der Waals surface area contributed by atoms with Gasteiger partial charge in [0.2, 0.25) is 0 Å². The van der Waals surface area contributed by atoms with Gasteiger partial charge in [-0.25, -0.2) is 9.63 Å². The van der Waals surface area contributed by atoms with Crippen molar-refractivity contribution in [3.05, 3.63) is 12.7 Å². The van der Waals surface area contributed by atoms with Crippen molar-refractivity contribution in [2.24, 2.45) is 0 Å². The van der Waals surface area contributed by atoms with Crippen LogP contribution < -0.4 is 12.4 Å². The average molecular weight is 196 g/mol. The Balaban J connectivity index is 0. The van der Waals surface area contributed by atoms with E-state index in [1.807, 2.05) is 0 Å². The number of hydrogen-bond donors (Lipinski definition) is 1. The van der Waals surface area contributed by atoms with Crippen LogP contribution in [0.25, 0.3) is 0 Å². The standard InChI is InChI=1S/C7H14NO3.ClH/c1-4-7(9)11-8(10,5-2)6-3;/h4,10H,1,5-6H2,2-3H3;1H/q+1;/p-1. The summed E-state index contributed by atoms with van der Waals surface area (Å²) in [5.41, 5.74) is 0. The summed E-state index contributed by atoms with van der Waals surface area (Å²) in [6.07, 6.45) is 1.02. The third-order valence-corrected chi connectivity index (χ3v) is 1.41. The number of rotatable bonds is 4. The highest BCUT2D eigenvalue weighted by Gasteiger charge is 2.25. The van der Waals surface area contributed by atoms with Gasteiger partial charge in [0.05, 0.1) is 0 Å². The van der Waals surface area contributed by atoms with Crippen LogP contribution >= 0.6 is 0 Å². The predicted octanol–water partition coefficient (Wildman–Crippen LogP) is -2.12. The molecule has 0 saturated heterocycles. The van der Waals surface area contributed by atoms with Crippen molar-refractivity contribution in [2.75, 3.05) is 13.1 Å². The Hall–Kier alpha value is -0.580. The van der Waals surface area contributed by atoms with Gasteiger partial charge < -0.3 is 12.4 Å². The van der Waals surface area contributed by atoms with Crippen LogP contribution in [-0.2, 0) is 9.63 Å². The molecule has 0 atom stereocenters. The maximum Gasteiger partial charge on any atom is 0.394 e. The average Bonchev–Trinajstić information content (AvgIpc) is 2.04. The van der Waals surface area contributed by atoms with Gasteiger partial charge in [0, 0.05) is 6.08 Å². The van der Waals surface area contributed by atoms with Crippen molar-refractivity contribution in [2.45, 2.75) is 13.8 Å². The molecule has 0 aliphatic carbocycles. The summed E-state index contributed by atoms with van der Waals surface area (Å²) in [5.74, 6) is -0.615. The number of nitrogens with zero attached hydrogens (tertiary/aromatic N) is 1. The number of carbonyl (C=O) groups is 1. The predicted molar refractivity (Wildman–Crippen MR) is 39.4 cm³/mol. The van der Waals surface area contributed by atoms with Crippen LogP contribution in [0.1, 0.15) is 13.8 Å². The van der Waals surface area contributed by atoms with E-state index in [1.165, 1.54) is 0 Å². The summed E-state index contributed by atoms with van der Waals surface area (Å²) in [4.78, 5) is 14.6. The second-order valence-corrected chi connectivity index (χ2v) is 2.09. The van der Waals surface area contributed by atoms with Crippen LogP contribution in [0.4, 0.5) is 0 Å². The third kappa shape index (κ3) is 4.33. The lowest BCUT2D eigenvalue weighted by Crippen LogP contribution is -3.00. The molecule has 72 valence electrons. The SMILES string of the molecule is C=CC(=O)O[N+](O)(CC)CC.[Cl-]. The van der Waals surface area contributed by atoms with Gasteiger partial charge in [-0.2, -0.15) is 5.21 Å². The fraction of sp³-hybridized carbons (Fsp3) is 0.571. The number of carbonyl (C=O) groups excluding carboxylic acids is 1. The molecule has 5 heteroatoms. The molecule has 12 heavy (non-hydrogen) atoms. The fourth-order valence-corrected chi connectivity index (χ4v) is 0.557. The van der Waals surface area contributed by atoms with Crippen molar-refractivity contribution in [1.82, 2.24) is 0 Å². The van der Waals surface area contributed by atoms with Crippen LogP contribution in [0.3, 0.4) is 0 Å². The molecule has 0 heterocycles. The zero-order chi connectivity index (χ0) is 8.91. The minimum absolute atomic E-state index is 0. The van der Waals surface area contributed by atoms with Gasteiger partial charge >= 0.3 is 5.97 Å². The van der Waals surface area contributed by atoms with Gasteiger partial charge in [-0.05, 0) is 18.7 Å². The van der Waals surface area contributed by atoms with E-state index in [-0.39, 0.29) is 12.4 Å². The largest absolute Gasteiger partial charge is 1.00 e. The van der Waals surface area contributed by atoms with E-state index < -0.39 is 10.8 Å². The molecule has 0 fully saturated rings. The smallest absolute Gasteiger partial charge is 0.394 e. The maximum atomic E-state index is 10.6. The minimum Gasteiger partial charge on any atom is -1.00 e. The van der Waals surface area contributed by atoms with Gasteiger partial charge in [-0.15, -0.1) is 0 Å². The van der Waals surface area contributed by atoms with Gasteiger partial charge in [0.15, 0.2) is 0 Å². The highest BCUT2D eigenvalue weighted by atomic mass is 35.5. The Morgan fingerprint density at radius 3 is 2.25 bits per heavy atom. The van der Waals surface area contributed by atoms with Gasteiger partial charge in [-0.1, -0.05) is 6.58 Å². The number of halogens is 1. The molecule has 0 saturated carbocycles. The van der Waals surface area contributed by atoms with Crippen LogP contribution in [0.5, 0.6) is 0 Å². The van der Waals surface area contributed by atoms with Gasteiger partial charge in [-0.3, -0.25) is 0 Å². The first kappa shape index (κ1) is 14.0. The monoisotopic (exact) mass is 195 g/mol. The molecule has 0 radical (unpaired) electrons. The minimum atomic E-state index is -0.690. The molecule has 4 nitrogen and oxygen atoms in total. The van der Waals surface area contributed by atoms with Crippen molar-refractivity contribution in [1.29, 1.82) is 0 Å². The van der Waals surface area contributed by atoms with Gasteiger partial charge in [0.1, 0.15) is 13.1 Å². The van der Waals surface area contributed by atoms with Crippen LogP contribution in [0.2, 0.25) is 0 Å². The molecule has 0 amide bonds. The van der Waals surface area contributed by atoms with E-state index >= 15 is 0 Å². The molecule has 0 aromatic heterocycles. The van der Waals surface area contributed by atoms with Crippen LogP contribution in [0, 0.1) is 0 Å². The first-order valence-electron chi connectivity index (χ1n) is 3.53. The van der Waals surface area contributed by atoms with Crippen LogP contribution in [0.15, 0.2) is 12.7 Å². The topological polar surface area (TPSA) is 46.5 Å². The summed E-state index contributed by atoms with van der Waals surface area (Å²) in [7, 11) is 0. The molecular formula is C7H14ClNO3. The van der Waals surface area contributed by atoms with E-state index in [9.17, 15) is 10.0 Å². The Morgan fingerprint density at radius 1 is 1.58 bits per heavy atom. The summed E-state index contributed by atoms with van der Waals surface area (Å²) >= 11 is 0. The van der Waals surface area contributed by atoms with Crippen LogP contribution in [-0.4, -0.2) is 29.1 Å². The lowest BCUT2D eigenvalue weighted by molar-refractivity contribution is -1.23. The van der Waals surface area contributed by atoms with Crippen molar-refractivity contribution >= 4 is 5.97 Å². The molecule has 0 aliphatic heterocycles.